The Balaban J connectivity index is 1.89. The molecule has 3 rings (SSSR count). The molecular weight excluding hydrogens is 326 g/mol. The summed E-state index contributed by atoms with van der Waals surface area (Å²) in [6, 6.07) is 15.1. The van der Waals surface area contributed by atoms with E-state index in [2.05, 4.69) is 10.1 Å². The highest BCUT2D eigenvalue weighted by molar-refractivity contribution is 6.32. The van der Waals surface area contributed by atoms with E-state index in [0.29, 0.717) is 34.7 Å². The molecule has 0 saturated heterocycles. The second-order valence-electron chi connectivity index (χ2n) is 5.56. The molecule has 3 aromatic rings. The Hall–Kier alpha value is -2.37. The van der Waals surface area contributed by atoms with Gasteiger partial charge >= 0.3 is 0 Å². The van der Waals surface area contributed by atoms with Crippen molar-refractivity contribution in [3.05, 3.63) is 53.6 Å². The van der Waals surface area contributed by atoms with E-state index in [1.165, 1.54) is 0 Å². The van der Waals surface area contributed by atoms with Crippen LogP contribution in [0.3, 0.4) is 0 Å². The predicted octanol–water partition coefficient (Wildman–Crippen LogP) is 4.00. The van der Waals surface area contributed by atoms with Gasteiger partial charge in [0.1, 0.15) is 6.61 Å². The van der Waals surface area contributed by atoms with Crippen molar-refractivity contribution < 1.29 is 9.26 Å². The van der Waals surface area contributed by atoms with E-state index in [0.717, 1.165) is 12.1 Å². The average molecular weight is 344 g/mol. The molecule has 0 aliphatic rings. The SMILES string of the molecule is CN(C)CCOc1c(Cl)cccc1-c1nc(-c2ccccc2)no1. The minimum Gasteiger partial charge on any atom is -0.490 e. The molecular formula is C18H18ClN3O2. The number of likely N-dealkylation sites (N-methyl/N-ethyl adjacent to an activating group) is 1. The molecule has 24 heavy (non-hydrogen) atoms. The van der Waals surface area contributed by atoms with Crippen LogP contribution in [0.4, 0.5) is 0 Å². The summed E-state index contributed by atoms with van der Waals surface area (Å²) in [5.74, 6) is 1.48. The molecule has 0 bridgehead atoms. The highest BCUT2D eigenvalue weighted by Gasteiger charge is 2.17. The molecule has 124 valence electrons. The minimum atomic E-state index is 0.385. The van der Waals surface area contributed by atoms with Crippen molar-refractivity contribution in [2.24, 2.45) is 0 Å². The van der Waals surface area contributed by atoms with Crippen LogP contribution in [0.5, 0.6) is 5.75 Å². The van der Waals surface area contributed by atoms with Gasteiger partial charge in [-0.1, -0.05) is 53.2 Å². The molecule has 0 atom stereocenters. The van der Waals surface area contributed by atoms with Gasteiger partial charge in [-0.15, -0.1) is 0 Å². The lowest BCUT2D eigenvalue weighted by molar-refractivity contribution is 0.261. The van der Waals surface area contributed by atoms with Gasteiger partial charge in [0, 0.05) is 12.1 Å². The third-order valence-electron chi connectivity index (χ3n) is 3.44. The van der Waals surface area contributed by atoms with Gasteiger partial charge in [0.05, 0.1) is 10.6 Å². The van der Waals surface area contributed by atoms with Crippen molar-refractivity contribution in [2.75, 3.05) is 27.2 Å². The van der Waals surface area contributed by atoms with E-state index in [4.69, 9.17) is 20.9 Å². The number of rotatable bonds is 6. The summed E-state index contributed by atoms with van der Waals surface area (Å²) in [7, 11) is 3.97. The van der Waals surface area contributed by atoms with Gasteiger partial charge in [0.25, 0.3) is 5.89 Å². The molecule has 0 N–H and O–H groups in total. The number of halogens is 1. The molecule has 0 aliphatic heterocycles. The Bertz CT molecular complexity index is 803. The standard InChI is InChI=1S/C18H18ClN3O2/c1-22(2)11-12-23-16-14(9-6-10-15(16)19)18-20-17(21-24-18)13-7-4-3-5-8-13/h3-10H,11-12H2,1-2H3. The first-order chi connectivity index (χ1) is 11.6. The van der Waals surface area contributed by atoms with Crippen LogP contribution in [-0.2, 0) is 0 Å². The van der Waals surface area contributed by atoms with Crippen molar-refractivity contribution in [3.8, 4) is 28.6 Å². The monoisotopic (exact) mass is 343 g/mol. The molecule has 0 saturated carbocycles. The number of benzene rings is 2. The number of nitrogens with zero attached hydrogens (tertiary/aromatic N) is 3. The minimum absolute atomic E-state index is 0.385. The summed E-state index contributed by atoms with van der Waals surface area (Å²) in [5.41, 5.74) is 1.58. The quantitative estimate of drug-likeness (QED) is 0.677. The molecule has 5 nitrogen and oxygen atoms in total. The van der Waals surface area contributed by atoms with E-state index in [1.54, 1.807) is 6.07 Å². The van der Waals surface area contributed by atoms with Gasteiger partial charge in [-0.25, -0.2) is 0 Å². The fraction of sp³-hybridized carbons (Fsp3) is 0.222. The van der Waals surface area contributed by atoms with Gasteiger partial charge < -0.3 is 14.2 Å². The first kappa shape index (κ1) is 16.5. The van der Waals surface area contributed by atoms with E-state index < -0.39 is 0 Å². The largest absolute Gasteiger partial charge is 0.490 e. The second-order valence-corrected chi connectivity index (χ2v) is 5.96. The van der Waals surface area contributed by atoms with E-state index in [9.17, 15) is 0 Å². The number of hydrogen-bond acceptors (Lipinski definition) is 5. The Kier molecular flexibility index (Phi) is 5.13. The molecule has 0 radical (unpaired) electrons. The smallest absolute Gasteiger partial charge is 0.262 e. The lowest BCUT2D eigenvalue weighted by Gasteiger charge is -2.13. The zero-order valence-electron chi connectivity index (χ0n) is 13.6. The highest BCUT2D eigenvalue weighted by atomic mass is 35.5. The van der Waals surface area contributed by atoms with Crippen LogP contribution in [0.25, 0.3) is 22.8 Å². The molecule has 6 heteroatoms. The summed E-state index contributed by atoms with van der Waals surface area (Å²) in [5, 5.41) is 4.57. The molecule has 2 aromatic carbocycles. The molecule has 0 aliphatic carbocycles. The Morgan fingerprint density at radius 1 is 1.08 bits per heavy atom. The zero-order valence-corrected chi connectivity index (χ0v) is 14.3. The number of ether oxygens (including phenoxy) is 1. The number of hydrogen-bond donors (Lipinski definition) is 0. The average Bonchev–Trinajstić information content (AvgIpc) is 3.06. The van der Waals surface area contributed by atoms with Crippen LogP contribution in [0.1, 0.15) is 0 Å². The van der Waals surface area contributed by atoms with E-state index >= 15 is 0 Å². The van der Waals surface area contributed by atoms with E-state index in [-0.39, 0.29) is 0 Å². The van der Waals surface area contributed by atoms with Gasteiger partial charge in [0.15, 0.2) is 5.75 Å². The molecule has 0 fully saturated rings. The fourth-order valence-corrected chi connectivity index (χ4v) is 2.42. The summed E-state index contributed by atoms with van der Waals surface area (Å²) in [4.78, 5) is 6.51. The van der Waals surface area contributed by atoms with Crippen molar-refractivity contribution in [2.45, 2.75) is 0 Å². The second kappa shape index (κ2) is 7.47. The third-order valence-corrected chi connectivity index (χ3v) is 3.74. The molecule has 0 amide bonds. The van der Waals surface area contributed by atoms with Crippen LogP contribution >= 0.6 is 11.6 Å². The maximum atomic E-state index is 6.29. The topological polar surface area (TPSA) is 51.4 Å². The zero-order chi connectivity index (χ0) is 16.9. The number of aromatic nitrogens is 2. The van der Waals surface area contributed by atoms with Gasteiger partial charge in [-0.2, -0.15) is 4.98 Å². The molecule has 0 spiro atoms. The summed E-state index contributed by atoms with van der Waals surface area (Å²) in [6.07, 6.45) is 0. The molecule has 1 aromatic heterocycles. The van der Waals surface area contributed by atoms with Crippen LogP contribution in [0.2, 0.25) is 5.02 Å². The maximum Gasteiger partial charge on any atom is 0.262 e. The summed E-state index contributed by atoms with van der Waals surface area (Å²) >= 11 is 6.29. The van der Waals surface area contributed by atoms with Gasteiger partial charge in [-0.05, 0) is 26.2 Å². The van der Waals surface area contributed by atoms with Crippen molar-refractivity contribution >= 4 is 11.6 Å². The number of para-hydroxylation sites is 1. The Morgan fingerprint density at radius 3 is 2.62 bits per heavy atom. The van der Waals surface area contributed by atoms with Crippen molar-refractivity contribution in [1.29, 1.82) is 0 Å². The first-order valence-electron chi connectivity index (χ1n) is 7.60. The summed E-state index contributed by atoms with van der Waals surface area (Å²) in [6.45, 7) is 1.30. The lowest BCUT2D eigenvalue weighted by atomic mass is 10.2. The van der Waals surface area contributed by atoms with Crippen LogP contribution in [-0.4, -0.2) is 42.3 Å². The molecule has 0 unspecified atom stereocenters. The van der Waals surface area contributed by atoms with Crippen LogP contribution in [0, 0.1) is 0 Å². The normalized spacial score (nSPS) is 11.0. The Morgan fingerprint density at radius 2 is 1.88 bits per heavy atom. The Labute approximate surface area is 145 Å². The third kappa shape index (κ3) is 3.75. The maximum absolute atomic E-state index is 6.29. The summed E-state index contributed by atoms with van der Waals surface area (Å²) < 4.78 is 11.3. The highest BCUT2D eigenvalue weighted by Crippen LogP contribution is 2.36. The lowest BCUT2D eigenvalue weighted by Crippen LogP contribution is -2.19. The first-order valence-corrected chi connectivity index (χ1v) is 7.98. The van der Waals surface area contributed by atoms with Gasteiger partial charge in [-0.3, -0.25) is 0 Å². The van der Waals surface area contributed by atoms with Crippen molar-refractivity contribution in [3.63, 3.8) is 0 Å². The predicted molar refractivity (Wildman–Crippen MR) is 94.2 cm³/mol. The van der Waals surface area contributed by atoms with E-state index in [1.807, 2.05) is 61.5 Å². The van der Waals surface area contributed by atoms with Crippen LogP contribution < -0.4 is 4.74 Å². The molecule has 1 heterocycles. The fourth-order valence-electron chi connectivity index (χ4n) is 2.19. The van der Waals surface area contributed by atoms with Gasteiger partial charge in [0.2, 0.25) is 5.82 Å². The van der Waals surface area contributed by atoms with Crippen LogP contribution in [0.15, 0.2) is 53.1 Å². The van der Waals surface area contributed by atoms with Crippen molar-refractivity contribution in [1.82, 2.24) is 15.0 Å².